The van der Waals surface area contributed by atoms with Crippen LogP contribution in [0.25, 0.3) is 0 Å². The van der Waals surface area contributed by atoms with Gasteiger partial charge in [-0.1, -0.05) is 5.16 Å². The minimum Gasteiger partial charge on any atom is -0.387 e. The molecule has 0 bridgehead atoms. The molecule has 14 heavy (non-hydrogen) atoms. The second kappa shape index (κ2) is 6.42. The zero-order chi connectivity index (χ0) is 11.1. The van der Waals surface area contributed by atoms with Gasteiger partial charge in [0.1, 0.15) is 0 Å². The molecule has 80 valence electrons. The summed E-state index contributed by atoms with van der Waals surface area (Å²) < 4.78 is 0. The Bertz CT molecular complexity index is 251. The highest BCUT2D eigenvalue weighted by molar-refractivity contribution is 8.15. The van der Waals surface area contributed by atoms with Crippen LogP contribution in [0.4, 0.5) is 0 Å². The molecule has 6 heteroatoms. The number of thioether (sulfide) groups is 1. The van der Waals surface area contributed by atoms with E-state index in [1.54, 1.807) is 20.4 Å². The topological polar surface area (TPSA) is 59.0 Å². The summed E-state index contributed by atoms with van der Waals surface area (Å²) in [7, 11) is 3.25. The number of nitrogens with zero attached hydrogens (tertiary/aromatic N) is 2. The molecule has 0 saturated carbocycles. The molecule has 0 aliphatic carbocycles. The largest absolute Gasteiger partial charge is 0.387 e. The number of rotatable bonds is 3. The number of oxime groups is 1. The van der Waals surface area contributed by atoms with Gasteiger partial charge in [-0.3, -0.25) is 9.59 Å². The fourth-order valence-corrected chi connectivity index (χ4v) is 1.02. The minimum absolute atomic E-state index is 0.106. The Morgan fingerprint density at radius 1 is 1.43 bits per heavy atom. The van der Waals surface area contributed by atoms with Crippen LogP contribution in [0.1, 0.15) is 6.92 Å². The maximum atomic E-state index is 11.4. The number of carbonyl (C=O) groups is 2. The average Bonchev–Trinajstić information content (AvgIpc) is 2.10. The number of carbonyl (C=O) groups excluding carboxylic acids is 2. The van der Waals surface area contributed by atoms with Crippen molar-refractivity contribution in [3.05, 3.63) is 0 Å². The molecule has 0 spiro atoms. The Kier molecular flexibility index (Phi) is 5.94. The van der Waals surface area contributed by atoms with Crippen molar-refractivity contribution in [2.24, 2.45) is 5.16 Å². The molecule has 0 aromatic rings. The molecule has 0 saturated heterocycles. The van der Waals surface area contributed by atoms with E-state index in [4.69, 9.17) is 0 Å². The number of Topliss-reactive ketones (excluding diaryl/α,β-unsaturated/α-hetero) is 1. The summed E-state index contributed by atoms with van der Waals surface area (Å²) in [5.41, 5.74) is 0. The first-order valence-corrected chi connectivity index (χ1v) is 5.16. The number of hydrogen-bond donors (Lipinski definition) is 0. The molecular weight excluding hydrogens is 204 g/mol. The highest BCUT2D eigenvalue weighted by Crippen LogP contribution is 2.01. The SMILES string of the molecule is CS/C(=N\OCC(C)=O)C(=O)N(C)C. The predicted octanol–water partition coefficient (Wildman–Crippen LogP) is 0.357. The maximum absolute atomic E-state index is 11.4. The average molecular weight is 218 g/mol. The molecule has 0 aliphatic heterocycles. The van der Waals surface area contributed by atoms with Gasteiger partial charge in [-0.25, -0.2) is 0 Å². The Morgan fingerprint density at radius 3 is 2.36 bits per heavy atom. The molecule has 0 radical (unpaired) electrons. The van der Waals surface area contributed by atoms with Crippen molar-refractivity contribution in [3.8, 4) is 0 Å². The van der Waals surface area contributed by atoms with Crippen molar-refractivity contribution in [3.63, 3.8) is 0 Å². The van der Waals surface area contributed by atoms with Gasteiger partial charge in [0.05, 0.1) is 0 Å². The third-order valence-corrected chi connectivity index (χ3v) is 1.83. The van der Waals surface area contributed by atoms with E-state index in [0.717, 1.165) is 0 Å². The Hall–Kier alpha value is -1.04. The van der Waals surface area contributed by atoms with Crippen LogP contribution in [0.5, 0.6) is 0 Å². The summed E-state index contributed by atoms with van der Waals surface area (Å²) in [6, 6.07) is 0. The fraction of sp³-hybridized carbons (Fsp3) is 0.625. The lowest BCUT2D eigenvalue weighted by Crippen LogP contribution is -2.28. The molecule has 0 fully saturated rings. The van der Waals surface area contributed by atoms with E-state index in [9.17, 15) is 9.59 Å². The van der Waals surface area contributed by atoms with Crippen molar-refractivity contribution in [1.29, 1.82) is 0 Å². The minimum atomic E-state index is -0.235. The quantitative estimate of drug-likeness (QED) is 0.390. The smallest absolute Gasteiger partial charge is 0.282 e. The molecule has 0 aromatic heterocycles. The third-order valence-electron chi connectivity index (χ3n) is 1.20. The fourth-order valence-electron chi connectivity index (χ4n) is 0.537. The molecule has 5 nitrogen and oxygen atoms in total. The monoisotopic (exact) mass is 218 g/mol. The summed E-state index contributed by atoms with van der Waals surface area (Å²) in [6.45, 7) is 1.28. The van der Waals surface area contributed by atoms with Gasteiger partial charge in [-0.2, -0.15) is 0 Å². The summed E-state index contributed by atoms with van der Waals surface area (Å²) in [5.74, 6) is -0.368. The summed E-state index contributed by atoms with van der Waals surface area (Å²) >= 11 is 1.18. The van der Waals surface area contributed by atoms with Crippen molar-refractivity contribution in [1.82, 2.24) is 4.90 Å². The van der Waals surface area contributed by atoms with Gasteiger partial charge in [0, 0.05) is 14.1 Å². The van der Waals surface area contributed by atoms with E-state index in [2.05, 4.69) is 9.99 Å². The van der Waals surface area contributed by atoms with Crippen LogP contribution < -0.4 is 0 Å². The first-order valence-electron chi connectivity index (χ1n) is 3.94. The Labute approximate surface area is 87.5 Å². The summed E-state index contributed by atoms with van der Waals surface area (Å²) in [5, 5.41) is 3.80. The van der Waals surface area contributed by atoms with Crippen LogP contribution in [0.2, 0.25) is 0 Å². The van der Waals surface area contributed by atoms with E-state index in [1.807, 2.05) is 0 Å². The van der Waals surface area contributed by atoms with Crippen LogP contribution in [0.3, 0.4) is 0 Å². The normalized spacial score (nSPS) is 11.0. The molecule has 1 amide bonds. The summed E-state index contributed by atoms with van der Waals surface area (Å²) in [4.78, 5) is 28.0. The van der Waals surface area contributed by atoms with E-state index >= 15 is 0 Å². The third kappa shape index (κ3) is 4.86. The molecule has 0 unspecified atom stereocenters. The number of ketones is 1. The van der Waals surface area contributed by atoms with Gasteiger partial charge in [-0.05, 0) is 13.2 Å². The highest BCUT2D eigenvalue weighted by atomic mass is 32.2. The Morgan fingerprint density at radius 2 is 2.00 bits per heavy atom. The first-order chi connectivity index (χ1) is 6.49. The van der Waals surface area contributed by atoms with Crippen LogP contribution in [0.15, 0.2) is 5.16 Å². The second-order valence-electron chi connectivity index (χ2n) is 2.78. The zero-order valence-corrected chi connectivity index (χ0v) is 9.55. The van der Waals surface area contributed by atoms with Crippen molar-refractivity contribution in [2.45, 2.75) is 6.92 Å². The van der Waals surface area contributed by atoms with E-state index in [0.29, 0.717) is 0 Å². The molecule has 0 aromatic carbocycles. The van der Waals surface area contributed by atoms with Gasteiger partial charge in [0.15, 0.2) is 12.4 Å². The Balaban J connectivity index is 4.25. The van der Waals surface area contributed by atoms with E-state index in [-0.39, 0.29) is 23.3 Å². The van der Waals surface area contributed by atoms with Crippen molar-refractivity contribution >= 4 is 28.5 Å². The lowest BCUT2D eigenvalue weighted by atomic mass is 10.5. The van der Waals surface area contributed by atoms with Crippen LogP contribution in [0, 0.1) is 0 Å². The predicted molar refractivity (Wildman–Crippen MR) is 56.3 cm³/mol. The lowest BCUT2D eigenvalue weighted by Gasteiger charge is -2.09. The first kappa shape index (κ1) is 13.0. The van der Waals surface area contributed by atoms with Gasteiger partial charge >= 0.3 is 0 Å². The molecule has 0 N–H and O–H groups in total. The summed E-state index contributed by atoms with van der Waals surface area (Å²) in [6.07, 6.45) is 1.72. The highest BCUT2D eigenvalue weighted by Gasteiger charge is 2.13. The van der Waals surface area contributed by atoms with Gasteiger partial charge < -0.3 is 9.74 Å². The van der Waals surface area contributed by atoms with Crippen LogP contribution in [-0.4, -0.2) is 48.6 Å². The molecule has 0 aliphatic rings. The molecular formula is C8H14N2O3S. The zero-order valence-electron chi connectivity index (χ0n) is 8.73. The van der Waals surface area contributed by atoms with Crippen LogP contribution in [-0.2, 0) is 14.4 Å². The van der Waals surface area contributed by atoms with Gasteiger partial charge in [-0.15, -0.1) is 11.8 Å². The van der Waals surface area contributed by atoms with Crippen molar-refractivity contribution < 1.29 is 14.4 Å². The van der Waals surface area contributed by atoms with Gasteiger partial charge in [0.25, 0.3) is 5.91 Å². The van der Waals surface area contributed by atoms with Crippen LogP contribution >= 0.6 is 11.8 Å². The molecule has 0 atom stereocenters. The second-order valence-corrected chi connectivity index (χ2v) is 3.57. The lowest BCUT2D eigenvalue weighted by molar-refractivity contribution is -0.123. The number of amides is 1. The number of hydrogen-bond acceptors (Lipinski definition) is 5. The van der Waals surface area contributed by atoms with Gasteiger partial charge in [0.2, 0.25) is 5.04 Å². The standard InChI is InChI=1S/C8H14N2O3S/c1-6(11)5-13-9-7(14-4)8(12)10(2)3/h5H2,1-4H3/b9-7-. The molecule has 0 rings (SSSR count). The molecule has 0 heterocycles. The maximum Gasteiger partial charge on any atom is 0.282 e. The van der Waals surface area contributed by atoms with E-state index in [1.165, 1.54) is 23.6 Å². The van der Waals surface area contributed by atoms with Crippen molar-refractivity contribution in [2.75, 3.05) is 27.0 Å². The van der Waals surface area contributed by atoms with E-state index < -0.39 is 0 Å².